The number of aliphatic hydroxyl groups excluding tert-OH is 1. The van der Waals surface area contributed by atoms with Crippen molar-refractivity contribution < 1.29 is 63.9 Å². The van der Waals surface area contributed by atoms with Crippen molar-refractivity contribution in [2.75, 3.05) is 0 Å². The Morgan fingerprint density at radius 3 is 1.72 bits per heavy atom. The second kappa shape index (κ2) is 16.3. The zero-order chi connectivity index (χ0) is 40.9. The van der Waals surface area contributed by atoms with E-state index in [9.17, 15) is 35.9 Å². The highest BCUT2D eigenvalue weighted by atomic mass is 19.4. The van der Waals surface area contributed by atoms with E-state index >= 15 is 0 Å². The first-order valence-electron chi connectivity index (χ1n) is 16.1. The first-order chi connectivity index (χ1) is 27.0. The lowest BCUT2D eigenvalue weighted by Crippen LogP contribution is -2.17. The van der Waals surface area contributed by atoms with Crippen molar-refractivity contribution in [2.24, 2.45) is 0 Å². The minimum Gasteiger partial charge on any atom is -0.424 e. The van der Waals surface area contributed by atoms with Crippen LogP contribution < -0.4 is 20.0 Å². The molecule has 0 saturated heterocycles. The highest BCUT2D eigenvalue weighted by molar-refractivity contribution is 5.80. The highest BCUT2D eigenvalue weighted by Gasteiger charge is 2.32. The summed E-state index contributed by atoms with van der Waals surface area (Å²) < 4.78 is 101. The van der Waals surface area contributed by atoms with Gasteiger partial charge in [0.25, 0.3) is 0 Å². The van der Waals surface area contributed by atoms with Crippen LogP contribution in [0.2, 0.25) is 0 Å². The molecule has 0 bridgehead atoms. The number of esters is 1. The van der Waals surface area contributed by atoms with Crippen LogP contribution in [0.25, 0.3) is 33.7 Å². The van der Waals surface area contributed by atoms with Crippen molar-refractivity contribution >= 4 is 17.2 Å². The summed E-state index contributed by atoms with van der Waals surface area (Å²) in [6.45, 7) is 3.14. The summed E-state index contributed by atoms with van der Waals surface area (Å²) >= 11 is 0. The molecule has 16 nitrogen and oxygen atoms in total. The van der Waals surface area contributed by atoms with Crippen molar-refractivity contribution in [3.05, 3.63) is 112 Å². The molecule has 0 atom stereocenters. The number of halogens is 6. The Kier molecular flexibility index (Phi) is 11.3. The number of carbonyl (C=O) groups excluding carboxylic acids is 1. The van der Waals surface area contributed by atoms with E-state index < -0.39 is 18.5 Å². The van der Waals surface area contributed by atoms with Crippen LogP contribution in [-0.2, 0) is 24.4 Å². The van der Waals surface area contributed by atoms with E-state index in [1.165, 1.54) is 53.1 Å². The number of aromatic nitrogens is 7. The molecule has 1 N–H and O–H groups in total. The molecule has 1 aliphatic heterocycles. The van der Waals surface area contributed by atoms with Gasteiger partial charge in [0.2, 0.25) is 11.8 Å². The van der Waals surface area contributed by atoms with Crippen LogP contribution in [0.3, 0.4) is 0 Å². The van der Waals surface area contributed by atoms with Gasteiger partial charge in [-0.1, -0.05) is 10.3 Å². The van der Waals surface area contributed by atoms with Gasteiger partial charge in [-0.15, -0.1) is 26.3 Å². The van der Waals surface area contributed by atoms with Gasteiger partial charge in [0, 0.05) is 25.0 Å². The van der Waals surface area contributed by atoms with E-state index in [-0.39, 0.29) is 54.1 Å². The predicted octanol–water partition coefficient (Wildman–Crippen LogP) is 6.27. The Balaban J connectivity index is 0.000000166. The molecule has 0 fully saturated rings. The van der Waals surface area contributed by atoms with E-state index in [1.54, 1.807) is 38.1 Å². The van der Waals surface area contributed by atoms with Crippen LogP contribution in [0.4, 0.5) is 26.3 Å². The molecule has 6 heterocycles. The number of aryl methyl sites for hydroxylation is 2. The summed E-state index contributed by atoms with van der Waals surface area (Å²) in [6, 6.07) is 17.0. The number of aliphatic hydroxyl groups is 1. The number of alkyl halides is 6. The van der Waals surface area contributed by atoms with Gasteiger partial charge in [-0.05, 0) is 72.8 Å². The van der Waals surface area contributed by atoms with Crippen molar-refractivity contribution in [1.29, 1.82) is 0 Å². The van der Waals surface area contributed by atoms with Crippen LogP contribution in [0.15, 0.2) is 91.1 Å². The summed E-state index contributed by atoms with van der Waals surface area (Å²) in [5.41, 5.74) is 3.16. The quantitative estimate of drug-likeness (QED) is 0.139. The molecule has 5 aromatic heterocycles. The third-order valence-electron chi connectivity index (χ3n) is 7.33. The van der Waals surface area contributed by atoms with Gasteiger partial charge >= 0.3 is 24.5 Å². The highest BCUT2D eigenvalue weighted by Crippen LogP contribution is 2.30. The molecule has 0 unspecified atom stereocenters. The average molecular weight is 802 g/mol. The number of carbonyl (C=O) groups is 1. The minimum atomic E-state index is -4.76. The van der Waals surface area contributed by atoms with Gasteiger partial charge in [0.1, 0.15) is 18.1 Å². The Labute approximate surface area is 314 Å². The number of nitrogens with zero attached hydrogens (tertiary/aromatic N) is 7. The third-order valence-corrected chi connectivity index (χ3v) is 7.33. The topological polar surface area (TPSA) is 204 Å². The maximum atomic E-state index is 12.3. The predicted molar refractivity (Wildman–Crippen MR) is 179 cm³/mol. The number of oxazole rings is 1. The summed E-state index contributed by atoms with van der Waals surface area (Å²) in [4.78, 5) is 39.7. The Hall–Kier alpha value is -7.10. The molecular formula is C35H25F6N7O9. The zero-order valence-corrected chi connectivity index (χ0v) is 29.2. The molecule has 22 heteroatoms. The van der Waals surface area contributed by atoms with Crippen LogP contribution in [0, 0.1) is 13.8 Å². The van der Waals surface area contributed by atoms with Crippen molar-refractivity contribution in [2.45, 2.75) is 46.1 Å². The molecule has 0 saturated carbocycles. The van der Waals surface area contributed by atoms with Gasteiger partial charge in [-0.25, -0.2) is 14.8 Å². The number of rotatable bonds is 7. The monoisotopic (exact) mass is 801 g/mol. The van der Waals surface area contributed by atoms with Gasteiger partial charge in [0.15, 0.2) is 28.6 Å². The fraction of sp³-hybridized carbons (Fsp3) is 0.200. The van der Waals surface area contributed by atoms with E-state index in [4.69, 9.17) is 18.8 Å². The van der Waals surface area contributed by atoms with Crippen LogP contribution >= 0.6 is 0 Å². The zero-order valence-electron chi connectivity index (χ0n) is 29.2. The van der Waals surface area contributed by atoms with Crippen molar-refractivity contribution in [3.8, 4) is 39.8 Å². The second-order valence-electron chi connectivity index (χ2n) is 11.5. The van der Waals surface area contributed by atoms with Gasteiger partial charge < -0.3 is 32.8 Å². The second-order valence-corrected chi connectivity index (χ2v) is 11.5. The molecule has 7 aromatic rings. The maximum Gasteiger partial charge on any atom is 0.573 e. The molecule has 1 aliphatic rings. The fourth-order valence-corrected chi connectivity index (χ4v) is 5.02. The van der Waals surface area contributed by atoms with Gasteiger partial charge in [-0.3, -0.25) is 9.36 Å². The number of hydrogen-bond acceptors (Lipinski definition) is 15. The molecule has 0 amide bonds. The third kappa shape index (κ3) is 10.6. The number of fused-ring (bicyclic) bond motifs is 2. The molecule has 296 valence electrons. The molecule has 57 heavy (non-hydrogen) atoms. The molecule has 0 aliphatic carbocycles. The fourth-order valence-electron chi connectivity index (χ4n) is 5.02. The summed E-state index contributed by atoms with van der Waals surface area (Å²) in [7, 11) is 0. The number of hydrogen-bond donors (Lipinski definition) is 1. The van der Waals surface area contributed by atoms with Crippen molar-refractivity contribution in [3.63, 3.8) is 0 Å². The van der Waals surface area contributed by atoms with E-state index in [0.717, 1.165) is 0 Å². The standard InChI is InChI=1S/C17H11F3N4O4.C14H8F3NO3.C4H6N2O2/c1-9-21-14(23-28-9)8-24-15-13(26-16(24)25)7-6-12(22-15)10-2-4-11(5-3-10)27-17(18,19)20;15-14(16,17)21-9-3-1-8(2-4-9)10-5-6-12-11(18-10)7-13(19)20-12;1-3-5-4(2-7)6-8-3/h2-7H,8H2,1H3;1-6H,7H2;7H,2H2,1H3. The molecule has 0 radical (unpaired) electrons. The van der Waals surface area contributed by atoms with Gasteiger partial charge in [0.05, 0.1) is 30.0 Å². The lowest BCUT2D eigenvalue weighted by atomic mass is 10.1. The van der Waals surface area contributed by atoms with Crippen molar-refractivity contribution in [1.82, 2.24) is 34.8 Å². The Morgan fingerprint density at radius 2 is 1.23 bits per heavy atom. The minimum absolute atomic E-state index is 0.00200. The molecular weight excluding hydrogens is 776 g/mol. The SMILES string of the molecule is Cc1nc(CO)no1.Cc1nc(Cn2c(=O)oc3ccc(-c4ccc(OC(F)(F)F)cc4)nc32)no1.O=C1Cc2nc(-c3ccc(OC(F)(F)F)cc3)ccc2O1. The van der Waals surface area contributed by atoms with Crippen LogP contribution in [0.1, 0.15) is 29.1 Å². The van der Waals surface area contributed by atoms with Crippen LogP contribution in [-0.4, -0.2) is 58.6 Å². The smallest absolute Gasteiger partial charge is 0.424 e. The summed E-state index contributed by atoms with van der Waals surface area (Å²) in [5.74, 6) is 0.210. The van der Waals surface area contributed by atoms with E-state index in [0.29, 0.717) is 51.6 Å². The first kappa shape index (κ1) is 39.6. The molecule has 0 spiro atoms. The lowest BCUT2D eigenvalue weighted by molar-refractivity contribution is -0.275. The largest absolute Gasteiger partial charge is 0.573 e. The van der Waals surface area contributed by atoms with E-state index in [2.05, 4.69) is 44.2 Å². The number of benzene rings is 2. The Morgan fingerprint density at radius 1 is 0.702 bits per heavy atom. The molecule has 8 rings (SSSR count). The summed E-state index contributed by atoms with van der Waals surface area (Å²) in [6.07, 6.45) is -9.39. The first-order valence-corrected chi connectivity index (χ1v) is 16.1. The van der Waals surface area contributed by atoms with Crippen LogP contribution in [0.5, 0.6) is 17.2 Å². The van der Waals surface area contributed by atoms with E-state index in [1.807, 2.05) is 0 Å². The average Bonchev–Trinajstić information content (AvgIpc) is 3.94. The van der Waals surface area contributed by atoms with Gasteiger partial charge in [-0.2, -0.15) is 9.97 Å². The maximum absolute atomic E-state index is 12.3. The lowest BCUT2D eigenvalue weighted by Gasteiger charge is -2.09. The Bertz CT molecular complexity index is 2550. The normalized spacial score (nSPS) is 12.3. The summed E-state index contributed by atoms with van der Waals surface area (Å²) in [5, 5.41) is 15.5. The number of ether oxygens (including phenoxy) is 3. The number of pyridine rings is 2. The molecule has 2 aromatic carbocycles.